The summed E-state index contributed by atoms with van der Waals surface area (Å²) in [4.78, 5) is 18.4. The zero-order valence-corrected chi connectivity index (χ0v) is 11.5. The number of aromatic nitrogens is 5. The molecule has 8 nitrogen and oxygen atoms in total. The van der Waals surface area contributed by atoms with Gasteiger partial charge in [-0.15, -0.1) is 0 Å². The van der Waals surface area contributed by atoms with E-state index in [-0.39, 0.29) is 11.8 Å². The summed E-state index contributed by atoms with van der Waals surface area (Å²) in [6.45, 7) is 4.84. The van der Waals surface area contributed by atoms with Crippen LogP contribution in [0.4, 0.5) is 0 Å². The predicted molar refractivity (Wildman–Crippen MR) is 68.0 cm³/mol. The van der Waals surface area contributed by atoms with Crippen molar-refractivity contribution in [2.45, 2.75) is 32.6 Å². The predicted octanol–water partition coefficient (Wildman–Crippen LogP) is 0.824. The van der Waals surface area contributed by atoms with Crippen LogP contribution < -0.4 is 0 Å². The van der Waals surface area contributed by atoms with Crippen molar-refractivity contribution >= 4 is 5.91 Å². The van der Waals surface area contributed by atoms with Gasteiger partial charge in [0.15, 0.2) is 11.5 Å². The summed E-state index contributed by atoms with van der Waals surface area (Å²) in [6, 6.07) is 0. The number of likely N-dealkylation sites (tertiary alicyclic amines) is 1. The van der Waals surface area contributed by atoms with Gasteiger partial charge in [0.05, 0.1) is 5.69 Å². The Bertz CT molecular complexity index is 619. The number of hydrogen-bond donors (Lipinski definition) is 1. The van der Waals surface area contributed by atoms with Crippen LogP contribution in [0.2, 0.25) is 0 Å². The summed E-state index contributed by atoms with van der Waals surface area (Å²) in [7, 11) is 0. The molecule has 2 aromatic heterocycles. The highest BCUT2D eigenvalue weighted by atomic mass is 16.5. The summed E-state index contributed by atoms with van der Waals surface area (Å²) < 4.78 is 5.01. The second-order valence-corrected chi connectivity index (χ2v) is 5.02. The van der Waals surface area contributed by atoms with Gasteiger partial charge in [-0.05, 0) is 19.8 Å². The topological polar surface area (TPSA) is 101 Å². The first kappa shape index (κ1) is 12.8. The van der Waals surface area contributed by atoms with E-state index in [1.165, 1.54) is 0 Å². The molecule has 0 spiro atoms. The Labute approximate surface area is 115 Å². The Morgan fingerprint density at radius 3 is 2.90 bits per heavy atom. The Morgan fingerprint density at radius 1 is 1.40 bits per heavy atom. The van der Waals surface area contributed by atoms with E-state index in [4.69, 9.17) is 4.52 Å². The fourth-order valence-electron chi connectivity index (χ4n) is 2.49. The van der Waals surface area contributed by atoms with Crippen molar-refractivity contribution in [3.8, 4) is 0 Å². The number of amides is 1. The zero-order valence-electron chi connectivity index (χ0n) is 11.5. The minimum atomic E-state index is -0.0961. The van der Waals surface area contributed by atoms with Crippen LogP contribution in [0.1, 0.15) is 46.7 Å². The SMILES string of the molecule is Cc1nc([C@@H]2CCCN(C(=O)c3n[nH]nc3C)C2)no1. The average molecular weight is 276 g/mol. The van der Waals surface area contributed by atoms with E-state index in [0.29, 0.717) is 29.6 Å². The van der Waals surface area contributed by atoms with Crippen molar-refractivity contribution in [3.63, 3.8) is 0 Å². The van der Waals surface area contributed by atoms with Gasteiger partial charge < -0.3 is 9.42 Å². The molecule has 0 aromatic carbocycles. The molecule has 20 heavy (non-hydrogen) atoms. The number of rotatable bonds is 2. The fraction of sp³-hybridized carbons (Fsp3) is 0.583. The van der Waals surface area contributed by atoms with Crippen molar-refractivity contribution in [2.24, 2.45) is 0 Å². The van der Waals surface area contributed by atoms with Gasteiger partial charge in [-0.25, -0.2) is 0 Å². The van der Waals surface area contributed by atoms with E-state index in [2.05, 4.69) is 25.6 Å². The van der Waals surface area contributed by atoms with Gasteiger partial charge in [-0.3, -0.25) is 4.79 Å². The normalized spacial score (nSPS) is 19.3. The van der Waals surface area contributed by atoms with Crippen LogP contribution in [0, 0.1) is 13.8 Å². The summed E-state index contributed by atoms with van der Waals surface area (Å²) in [5.41, 5.74) is 1.00. The van der Waals surface area contributed by atoms with E-state index < -0.39 is 0 Å². The van der Waals surface area contributed by atoms with E-state index in [1.54, 1.807) is 18.7 Å². The van der Waals surface area contributed by atoms with Gasteiger partial charge in [0, 0.05) is 25.9 Å². The van der Waals surface area contributed by atoms with Crippen molar-refractivity contribution in [3.05, 3.63) is 23.1 Å². The van der Waals surface area contributed by atoms with E-state index in [0.717, 1.165) is 19.4 Å². The van der Waals surface area contributed by atoms with Crippen molar-refractivity contribution in [1.29, 1.82) is 0 Å². The van der Waals surface area contributed by atoms with E-state index in [1.807, 2.05) is 0 Å². The highest BCUT2D eigenvalue weighted by molar-refractivity contribution is 5.93. The maximum Gasteiger partial charge on any atom is 0.276 e. The lowest BCUT2D eigenvalue weighted by molar-refractivity contribution is 0.0697. The average Bonchev–Trinajstić information content (AvgIpc) is 3.07. The number of aromatic amines is 1. The highest BCUT2D eigenvalue weighted by Gasteiger charge is 2.29. The highest BCUT2D eigenvalue weighted by Crippen LogP contribution is 2.25. The van der Waals surface area contributed by atoms with Gasteiger partial charge in [0.25, 0.3) is 5.91 Å². The van der Waals surface area contributed by atoms with E-state index >= 15 is 0 Å². The molecule has 3 heterocycles. The maximum absolute atomic E-state index is 12.4. The minimum absolute atomic E-state index is 0.0961. The lowest BCUT2D eigenvalue weighted by atomic mass is 9.97. The quantitative estimate of drug-likeness (QED) is 0.871. The number of H-pyrrole nitrogens is 1. The third-order valence-electron chi connectivity index (χ3n) is 3.54. The third-order valence-corrected chi connectivity index (χ3v) is 3.54. The van der Waals surface area contributed by atoms with Crippen LogP contribution in [-0.4, -0.2) is 49.4 Å². The van der Waals surface area contributed by atoms with Crippen LogP contribution in [0.3, 0.4) is 0 Å². The molecule has 106 valence electrons. The van der Waals surface area contributed by atoms with Crippen molar-refractivity contribution < 1.29 is 9.32 Å². The molecule has 1 N–H and O–H groups in total. The van der Waals surface area contributed by atoms with Crippen LogP contribution in [0.5, 0.6) is 0 Å². The minimum Gasteiger partial charge on any atom is -0.340 e. The van der Waals surface area contributed by atoms with Crippen molar-refractivity contribution in [1.82, 2.24) is 30.5 Å². The number of nitrogens with zero attached hydrogens (tertiary/aromatic N) is 5. The van der Waals surface area contributed by atoms with Crippen LogP contribution >= 0.6 is 0 Å². The Morgan fingerprint density at radius 2 is 2.25 bits per heavy atom. The lowest BCUT2D eigenvalue weighted by Gasteiger charge is -2.30. The molecule has 1 saturated heterocycles. The van der Waals surface area contributed by atoms with Crippen LogP contribution in [0.15, 0.2) is 4.52 Å². The van der Waals surface area contributed by atoms with Crippen LogP contribution in [-0.2, 0) is 0 Å². The summed E-state index contributed by atoms with van der Waals surface area (Å²) >= 11 is 0. The molecule has 0 bridgehead atoms. The molecule has 1 fully saturated rings. The first-order chi connectivity index (χ1) is 9.65. The molecular weight excluding hydrogens is 260 g/mol. The Balaban J connectivity index is 1.75. The largest absolute Gasteiger partial charge is 0.340 e. The fourth-order valence-corrected chi connectivity index (χ4v) is 2.49. The van der Waals surface area contributed by atoms with Gasteiger partial charge in [0.1, 0.15) is 0 Å². The molecule has 3 rings (SSSR count). The number of nitrogens with one attached hydrogen (secondary N) is 1. The number of carbonyl (C=O) groups excluding carboxylic acids is 1. The standard InChI is InChI=1S/C12H16N6O2/c1-7-10(15-17-14-7)12(19)18-5-3-4-9(6-18)11-13-8(2)20-16-11/h9H,3-6H2,1-2H3,(H,14,15,17)/t9-/m1/s1. The van der Waals surface area contributed by atoms with Crippen LogP contribution in [0.25, 0.3) is 0 Å². The number of hydrogen-bond acceptors (Lipinski definition) is 6. The van der Waals surface area contributed by atoms with Gasteiger partial charge in [-0.1, -0.05) is 5.16 Å². The third kappa shape index (κ3) is 2.28. The molecule has 8 heteroatoms. The monoisotopic (exact) mass is 276 g/mol. The van der Waals surface area contributed by atoms with E-state index in [9.17, 15) is 4.79 Å². The molecular formula is C12H16N6O2. The molecule has 0 radical (unpaired) electrons. The molecule has 0 aliphatic carbocycles. The zero-order chi connectivity index (χ0) is 14.1. The number of aryl methyl sites for hydroxylation is 2. The van der Waals surface area contributed by atoms with Crippen molar-refractivity contribution in [2.75, 3.05) is 13.1 Å². The summed E-state index contributed by atoms with van der Waals surface area (Å²) in [6.07, 6.45) is 1.88. The number of carbonyl (C=O) groups is 1. The molecule has 1 atom stereocenters. The summed E-state index contributed by atoms with van der Waals surface area (Å²) in [5, 5.41) is 14.2. The first-order valence-electron chi connectivity index (χ1n) is 6.62. The molecule has 1 amide bonds. The van der Waals surface area contributed by atoms with Gasteiger partial charge in [0.2, 0.25) is 5.89 Å². The second-order valence-electron chi connectivity index (χ2n) is 5.02. The maximum atomic E-state index is 12.4. The number of piperidine rings is 1. The smallest absolute Gasteiger partial charge is 0.276 e. The second kappa shape index (κ2) is 5.03. The Hall–Kier alpha value is -2.25. The molecule has 2 aromatic rings. The molecule has 1 aliphatic heterocycles. The van der Waals surface area contributed by atoms with Gasteiger partial charge >= 0.3 is 0 Å². The lowest BCUT2D eigenvalue weighted by Crippen LogP contribution is -2.39. The molecule has 0 saturated carbocycles. The Kier molecular flexibility index (Phi) is 3.21. The van der Waals surface area contributed by atoms with Gasteiger partial charge in [-0.2, -0.15) is 20.4 Å². The summed E-state index contributed by atoms with van der Waals surface area (Å²) in [5.74, 6) is 1.26. The molecule has 1 aliphatic rings. The molecule has 0 unspecified atom stereocenters. The first-order valence-corrected chi connectivity index (χ1v) is 6.62.